The smallest absolute Gasteiger partial charge is 0.234 e. The molecule has 0 aromatic carbocycles. The molecule has 158 valence electrons. The first-order valence-electron chi connectivity index (χ1n) is 10.1. The fraction of sp³-hybridized carbons (Fsp3) is 0.571. The highest BCUT2D eigenvalue weighted by Gasteiger charge is 2.23. The van der Waals surface area contributed by atoms with E-state index < -0.39 is 0 Å². The Bertz CT molecular complexity index is 798. The van der Waals surface area contributed by atoms with E-state index in [9.17, 15) is 4.79 Å². The van der Waals surface area contributed by atoms with Crippen LogP contribution in [0.3, 0.4) is 0 Å². The second-order valence-electron chi connectivity index (χ2n) is 7.71. The molecule has 0 aliphatic carbocycles. The topological polar surface area (TPSA) is 79.4 Å². The number of amides is 1. The Kier molecular flexibility index (Phi) is 7.57. The van der Waals surface area contributed by atoms with Gasteiger partial charge >= 0.3 is 0 Å². The van der Waals surface area contributed by atoms with E-state index in [4.69, 9.17) is 9.72 Å². The van der Waals surface area contributed by atoms with Crippen molar-refractivity contribution >= 4 is 28.2 Å². The molecule has 2 aromatic heterocycles. The third-order valence-corrected chi connectivity index (χ3v) is 6.22. The number of likely N-dealkylation sites (tertiary alicyclic amines) is 1. The lowest BCUT2D eigenvalue weighted by Crippen LogP contribution is -2.44. The molecule has 7 nitrogen and oxygen atoms in total. The molecule has 0 spiro atoms. The zero-order valence-corrected chi connectivity index (χ0v) is 18.5. The van der Waals surface area contributed by atoms with Gasteiger partial charge in [0.25, 0.3) is 0 Å². The second-order valence-corrected chi connectivity index (χ2v) is 8.91. The molecule has 1 fully saturated rings. The lowest BCUT2D eigenvalue weighted by atomic mass is 9.93. The molecule has 0 bridgehead atoms. The highest BCUT2D eigenvalue weighted by molar-refractivity contribution is 7.15. The molecule has 3 heterocycles. The van der Waals surface area contributed by atoms with E-state index in [1.807, 2.05) is 19.9 Å². The van der Waals surface area contributed by atoms with E-state index >= 15 is 0 Å². The van der Waals surface area contributed by atoms with E-state index in [0.29, 0.717) is 19.1 Å². The van der Waals surface area contributed by atoms with Gasteiger partial charge in [-0.05, 0) is 58.8 Å². The minimum Gasteiger partial charge on any atom is -0.383 e. The summed E-state index contributed by atoms with van der Waals surface area (Å²) in [6, 6.07) is 6.17. The number of ether oxygens (including phenoxy) is 1. The van der Waals surface area contributed by atoms with Crippen LogP contribution >= 0.6 is 11.3 Å². The summed E-state index contributed by atoms with van der Waals surface area (Å²) < 4.78 is 5.07. The maximum absolute atomic E-state index is 12.2. The molecular weight excluding hydrogens is 386 g/mol. The number of piperidine rings is 1. The number of hydrogen-bond donors (Lipinski definition) is 2. The number of methoxy groups -OCH3 is 1. The van der Waals surface area contributed by atoms with Gasteiger partial charge in [-0.2, -0.15) is 0 Å². The zero-order valence-electron chi connectivity index (χ0n) is 17.7. The minimum atomic E-state index is 0.0369. The maximum atomic E-state index is 12.2. The fourth-order valence-corrected chi connectivity index (χ4v) is 4.41. The van der Waals surface area contributed by atoms with Gasteiger partial charge in [-0.25, -0.2) is 9.97 Å². The number of rotatable bonds is 8. The average Bonchev–Trinajstić information content (AvgIpc) is 2.99. The van der Waals surface area contributed by atoms with E-state index in [2.05, 4.69) is 39.6 Å². The Hall–Kier alpha value is -2.03. The van der Waals surface area contributed by atoms with Gasteiger partial charge in [-0.3, -0.25) is 9.69 Å². The number of carbonyl (C=O) groups is 1. The van der Waals surface area contributed by atoms with Gasteiger partial charge in [0.15, 0.2) is 5.13 Å². The number of thiazole rings is 1. The third kappa shape index (κ3) is 6.22. The Labute approximate surface area is 176 Å². The Balaban J connectivity index is 1.51. The summed E-state index contributed by atoms with van der Waals surface area (Å²) in [6.45, 7) is 8.83. The van der Waals surface area contributed by atoms with Crippen molar-refractivity contribution in [2.45, 2.75) is 45.6 Å². The van der Waals surface area contributed by atoms with Crippen molar-refractivity contribution in [2.75, 3.05) is 38.7 Å². The third-order valence-electron chi connectivity index (χ3n) is 5.23. The van der Waals surface area contributed by atoms with Gasteiger partial charge in [0.2, 0.25) is 5.91 Å². The van der Waals surface area contributed by atoms with Gasteiger partial charge in [0.05, 0.1) is 18.8 Å². The molecule has 29 heavy (non-hydrogen) atoms. The van der Waals surface area contributed by atoms with Gasteiger partial charge in [-0.1, -0.05) is 6.07 Å². The average molecular weight is 418 g/mol. The van der Waals surface area contributed by atoms with Gasteiger partial charge in [-0.15, -0.1) is 11.3 Å². The lowest BCUT2D eigenvalue weighted by Gasteiger charge is -2.31. The Morgan fingerprint density at radius 3 is 2.72 bits per heavy atom. The maximum Gasteiger partial charge on any atom is 0.234 e. The van der Waals surface area contributed by atoms with Crippen molar-refractivity contribution < 1.29 is 9.53 Å². The van der Waals surface area contributed by atoms with Crippen molar-refractivity contribution in [2.24, 2.45) is 0 Å². The van der Waals surface area contributed by atoms with E-state index in [0.717, 1.165) is 48.3 Å². The summed E-state index contributed by atoms with van der Waals surface area (Å²) in [6.07, 6.45) is 2.01. The molecule has 1 saturated heterocycles. The molecule has 1 amide bonds. The first-order chi connectivity index (χ1) is 13.9. The van der Waals surface area contributed by atoms with Gasteiger partial charge in [0, 0.05) is 29.6 Å². The summed E-state index contributed by atoms with van der Waals surface area (Å²) in [4.78, 5) is 24.9. The van der Waals surface area contributed by atoms with Crippen molar-refractivity contribution in [3.63, 3.8) is 0 Å². The van der Waals surface area contributed by atoms with Crippen molar-refractivity contribution in [3.8, 4) is 0 Å². The van der Waals surface area contributed by atoms with Crippen molar-refractivity contribution in [1.82, 2.24) is 20.2 Å². The highest BCUT2D eigenvalue weighted by Crippen LogP contribution is 2.29. The number of anilines is 2. The Morgan fingerprint density at radius 1 is 1.31 bits per heavy atom. The van der Waals surface area contributed by atoms with Crippen LogP contribution in [0.25, 0.3) is 0 Å². The molecule has 2 N–H and O–H groups in total. The van der Waals surface area contributed by atoms with Crippen LogP contribution in [0.5, 0.6) is 0 Å². The van der Waals surface area contributed by atoms with Gasteiger partial charge < -0.3 is 15.4 Å². The summed E-state index contributed by atoms with van der Waals surface area (Å²) in [5.41, 5.74) is 2.17. The van der Waals surface area contributed by atoms with Crippen molar-refractivity contribution in [3.05, 3.63) is 34.5 Å². The fourth-order valence-electron chi connectivity index (χ4n) is 3.59. The first kappa shape index (κ1) is 21.7. The number of aryl methyl sites for hydroxylation is 2. The summed E-state index contributed by atoms with van der Waals surface area (Å²) in [7, 11) is 1.64. The van der Waals surface area contributed by atoms with Crippen LogP contribution in [-0.4, -0.2) is 60.2 Å². The minimum absolute atomic E-state index is 0.0369. The largest absolute Gasteiger partial charge is 0.383 e. The number of aromatic nitrogens is 2. The number of hydrogen-bond acceptors (Lipinski definition) is 7. The molecule has 1 aliphatic rings. The highest BCUT2D eigenvalue weighted by atomic mass is 32.1. The van der Waals surface area contributed by atoms with Crippen LogP contribution in [0.4, 0.5) is 10.9 Å². The van der Waals surface area contributed by atoms with E-state index in [-0.39, 0.29) is 11.9 Å². The number of carbonyl (C=O) groups excluding carboxylic acids is 1. The van der Waals surface area contributed by atoms with Crippen LogP contribution in [-0.2, 0) is 9.53 Å². The normalized spacial score (nSPS) is 16.6. The molecule has 0 radical (unpaired) electrons. The molecule has 3 rings (SSSR count). The second kappa shape index (κ2) is 10.1. The van der Waals surface area contributed by atoms with Crippen LogP contribution in [0.2, 0.25) is 0 Å². The molecular formula is C21H31N5O2S. The molecule has 2 aromatic rings. The molecule has 1 aliphatic heterocycles. The molecule has 0 saturated carbocycles. The SMILES string of the molecule is COC[C@H](C)NC(=O)CN1CCC(c2cccc(Nc3nc(C)c(C)s3)n2)CC1. The van der Waals surface area contributed by atoms with E-state index in [1.54, 1.807) is 18.4 Å². The summed E-state index contributed by atoms with van der Waals surface area (Å²) in [5.74, 6) is 1.32. The van der Waals surface area contributed by atoms with Crippen LogP contribution in [0.1, 0.15) is 41.9 Å². The lowest BCUT2D eigenvalue weighted by molar-refractivity contribution is -0.123. The van der Waals surface area contributed by atoms with E-state index in [1.165, 1.54) is 4.88 Å². The number of nitrogens with zero attached hydrogens (tertiary/aromatic N) is 3. The standard InChI is InChI=1S/C21H31N5O2S/c1-14(13-28-4)22-20(27)12-26-10-8-17(9-11-26)18-6-5-7-19(24-18)25-21-23-15(2)16(3)29-21/h5-7,14,17H,8-13H2,1-4H3,(H,22,27)(H,23,24,25)/t14-/m0/s1. The van der Waals surface area contributed by atoms with Crippen LogP contribution in [0.15, 0.2) is 18.2 Å². The predicted octanol–water partition coefficient (Wildman–Crippen LogP) is 3.23. The first-order valence-corrected chi connectivity index (χ1v) is 10.9. The summed E-state index contributed by atoms with van der Waals surface area (Å²) >= 11 is 1.65. The Morgan fingerprint density at radius 2 is 2.07 bits per heavy atom. The van der Waals surface area contributed by atoms with Crippen LogP contribution < -0.4 is 10.6 Å². The zero-order chi connectivity index (χ0) is 20.8. The summed E-state index contributed by atoms with van der Waals surface area (Å²) in [5, 5.41) is 7.19. The van der Waals surface area contributed by atoms with Crippen LogP contribution in [0, 0.1) is 13.8 Å². The molecule has 8 heteroatoms. The number of nitrogens with one attached hydrogen (secondary N) is 2. The molecule has 1 atom stereocenters. The monoisotopic (exact) mass is 417 g/mol. The van der Waals surface area contributed by atoms with Crippen molar-refractivity contribution in [1.29, 1.82) is 0 Å². The predicted molar refractivity (Wildman–Crippen MR) is 117 cm³/mol. The number of pyridine rings is 1. The quantitative estimate of drug-likeness (QED) is 0.687. The molecule has 0 unspecified atom stereocenters. The van der Waals surface area contributed by atoms with Gasteiger partial charge in [0.1, 0.15) is 5.82 Å².